The Morgan fingerprint density at radius 1 is 1.39 bits per heavy atom. The summed E-state index contributed by atoms with van der Waals surface area (Å²) in [6.45, 7) is 4.08. The third kappa shape index (κ3) is 2.95. The van der Waals surface area contributed by atoms with Crippen molar-refractivity contribution < 1.29 is 0 Å². The first-order valence-electron chi connectivity index (χ1n) is 6.80. The fourth-order valence-electron chi connectivity index (χ4n) is 2.99. The highest BCUT2D eigenvalue weighted by Gasteiger charge is 2.28. The molecule has 1 fully saturated rings. The van der Waals surface area contributed by atoms with Crippen molar-refractivity contribution in [2.24, 2.45) is 11.7 Å². The molecule has 2 nitrogen and oxygen atoms in total. The molecule has 1 aliphatic heterocycles. The van der Waals surface area contributed by atoms with Crippen LogP contribution >= 0.6 is 15.9 Å². The van der Waals surface area contributed by atoms with E-state index in [4.69, 9.17) is 5.73 Å². The summed E-state index contributed by atoms with van der Waals surface area (Å²) in [5.41, 5.74) is 8.68. The molecule has 2 rings (SSSR count). The third-order valence-electron chi connectivity index (χ3n) is 4.10. The minimum Gasteiger partial charge on any atom is -0.330 e. The van der Waals surface area contributed by atoms with Gasteiger partial charge in [0.25, 0.3) is 0 Å². The van der Waals surface area contributed by atoms with Gasteiger partial charge >= 0.3 is 0 Å². The molecule has 0 spiro atoms. The summed E-state index contributed by atoms with van der Waals surface area (Å²) in [4.78, 5) is 2.47. The minimum absolute atomic E-state index is 0.467. The zero-order chi connectivity index (χ0) is 13.1. The van der Waals surface area contributed by atoms with Crippen molar-refractivity contribution in [1.82, 2.24) is 4.90 Å². The number of nitrogens with zero attached hydrogens (tertiary/aromatic N) is 1. The maximum atomic E-state index is 5.99. The van der Waals surface area contributed by atoms with Gasteiger partial charge in [0.1, 0.15) is 0 Å². The maximum Gasteiger partial charge on any atom is 0.0385 e. The molecular formula is C15H23BrN2. The second-order valence-corrected chi connectivity index (χ2v) is 6.28. The second kappa shape index (κ2) is 6.18. The normalized spacial score (nSPS) is 26.0. The monoisotopic (exact) mass is 310 g/mol. The van der Waals surface area contributed by atoms with Crippen LogP contribution in [0.15, 0.2) is 22.7 Å². The van der Waals surface area contributed by atoms with E-state index in [0.29, 0.717) is 12.0 Å². The van der Waals surface area contributed by atoms with E-state index >= 15 is 0 Å². The van der Waals surface area contributed by atoms with Crippen LogP contribution in [0.4, 0.5) is 0 Å². The van der Waals surface area contributed by atoms with Gasteiger partial charge in [-0.25, -0.2) is 0 Å². The quantitative estimate of drug-likeness (QED) is 0.906. The lowest BCUT2D eigenvalue weighted by Gasteiger charge is -2.32. The molecule has 0 radical (unpaired) electrons. The highest BCUT2D eigenvalue weighted by molar-refractivity contribution is 9.10. The molecule has 0 aliphatic carbocycles. The molecule has 1 aromatic carbocycles. The van der Waals surface area contributed by atoms with Crippen LogP contribution in [0.1, 0.15) is 36.4 Å². The van der Waals surface area contributed by atoms with Gasteiger partial charge in [0.2, 0.25) is 0 Å². The summed E-state index contributed by atoms with van der Waals surface area (Å²) in [5.74, 6) is 0.576. The molecule has 1 aliphatic rings. The number of likely N-dealkylation sites (tertiary alicyclic amines) is 1. The predicted molar refractivity (Wildman–Crippen MR) is 80.6 cm³/mol. The molecule has 18 heavy (non-hydrogen) atoms. The average molecular weight is 311 g/mol. The Balaban J connectivity index is 2.33. The highest BCUT2D eigenvalue weighted by Crippen LogP contribution is 2.35. The molecule has 0 amide bonds. The highest BCUT2D eigenvalue weighted by atomic mass is 79.9. The van der Waals surface area contributed by atoms with Gasteiger partial charge in [-0.05, 0) is 63.0 Å². The molecule has 2 atom stereocenters. The molecular weight excluding hydrogens is 288 g/mol. The van der Waals surface area contributed by atoms with Crippen molar-refractivity contribution in [2.45, 2.75) is 32.2 Å². The molecule has 0 aromatic heterocycles. The maximum absolute atomic E-state index is 5.99. The van der Waals surface area contributed by atoms with E-state index in [1.54, 1.807) is 0 Å². The van der Waals surface area contributed by atoms with Gasteiger partial charge in [-0.15, -0.1) is 0 Å². The molecule has 3 heteroatoms. The Hall–Kier alpha value is -0.380. The van der Waals surface area contributed by atoms with Crippen molar-refractivity contribution >= 4 is 15.9 Å². The summed E-state index contributed by atoms with van der Waals surface area (Å²) in [5, 5.41) is 0. The second-order valence-electron chi connectivity index (χ2n) is 5.43. The lowest BCUT2D eigenvalue weighted by molar-refractivity contribution is 0.196. The number of rotatable bonds is 2. The number of nitrogens with two attached hydrogens (primary N) is 1. The van der Waals surface area contributed by atoms with Crippen molar-refractivity contribution in [1.29, 1.82) is 0 Å². The Labute approximate surface area is 119 Å². The largest absolute Gasteiger partial charge is 0.330 e. The van der Waals surface area contributed by atoms with Crippen LogP contribution in [0.3, 0.4) is 0 Å². The Kier molecular flexibility index (Phi) is 4.82. The lowest BCUT2D eigenvalue weighted by Crippen LogP contribution is -2.33. The molecule has 2 N–H and O–H groups in total. The van der Waals surface area contributed by atoms with Crippen LogP contribution in [-0.4, -0.2) is 25.0 Å². The van der Waals surface area contributed by atoms with Crippen LogP contribution in [-0.2, 0) is 0 Å². The van der Waals surface area contributed by atoms with Gasteiger partial charge in [-0.3, -0.25) is 4.90 Å². The van der Waals surface area contributed by atoms with Gasteiger partial charge < -0.3 is 5.73 Å². The lowest BCUT2D eigenvalue weighted by atomic mass is 9.89. The molecule has 0 saturated carbocycles. The number of halogens is 1. The zero-order valence-electron chi connectivity index (χ0n) is 11.3. The standard InChI is InChI=1S/C15H23BrN2/c1-11-6-7-12(9-14(11)16)15-13(10-17)5-3-4-8-18(15)2/h6-7,9,13,15H,3-5,8,10,17H2,1-2H3. The Morgan fingerprint density at radius 2 is 2.17 bits per heavy atom. The van der Waals surface area contributed by atoms with Gasteiger partial charge in [-0.1, -0.05) is 34.5 Å². The first-order valence-corrected chi connectivity index (χ1v) is 7.59. The summed E-state index contributed by atoms with van der Waals surface area (Å²) in [7, 11) is 2.23. The van der Waals surface area contributed by atoms with Crippen molar-refractivity contribution in [3.05, 3.63) is 33.8 Å². The van der Waals surface area contributed by atoms with E-state index < -0.39 is 0 Å². The van der Waals surface area contributed by atoms with Crippen LogP contribution in [0.5, 0.6) is 0 Å². The molecule has 2 unspecified atom stereocenters. The van der Waals surface area contributed by atoms with Crippen LogP contribution in [0.25, 0.3) is 0 Å². The SMILES string of the molecule is Cc1ccc(C2C(CN)CCCCN2C)cc1Br. The molecule has 1 saturated heterocycles. The first kappa shape index (κ1) is 14.0. The minimum atomic E-state index is 0.467. The summed E-state index contributed by atoms with van der Waals surface area (Å²) in [6.07, 6.45) is 3.84. The van der Waals surface area contributed by atoms with Crippen molar-refractivity contribution in [2.75, 3.05) is 20.1 Å². The average Bonchev–Trinajstić information content (AvgIpc) is 2.54. The fraction of sp³-hybridized carbons (Fsp3) is 0.600. The molecule has 100 valence electrons. The topological polar surface area (TPSA) is 29.3 Å². The Morgan fingerprint density at radius 3 is 2.83 bits per heavy atom. The number of hydrogen-bond acceptors (Lipinski definition) is 2. The molecule has 1 aromatic rings. The van der Waals surface area contributed by atoms with Gasteiger partial charge in [0.15, 0.2) is 0 Å². The summed E-state index contributed by atoms with van der Waals surface area (Å²) in [6, 6.07) is 7.19. The zero-order valence-corrected chi connectivity index (χ0v) is 12.9. The number of benzene rings is 1. The van der Waals surface area contributed by atoms with E-state index in [2.05, 4.69) is 53.0 Å². The summed E-state index contributed by atoms with van der Waals surface area (Å²) < 4.78 is 1.20. The van der Waals surface area contributed by atoms with Gasteiger partial charge in [-0.2, -0.15) is 0 Å². The third-order valence-corrected chi connectivity index (χ3v) is 4.95. The van der Waals surface area contributed by atoms with Crippen LogP contribution in [0.2, 0.25) is 0 Å². The van der Waals surface area contributed by atoms with Gasteiger partial charge in [0.05, 0.1) is 0 Å². The smallest absolute Gasteiger partial charge is 0.0385 e. The predicted octanol–water partition coefficient (Wildman–Crippen LogP) is 3.49. The fourth-order valence-corrected chi connectivity index (χ4v) is 3.39. The van der Waals surface area contributed by atoms with Crippen molar-refractivity contribution in [3.8, 4) is 0 Å². The van der Waals surface area contributed by atoms with E-state index in [0.717, 1.165) is 6.54 Å². The Bertz CT molecular complexity index is 405. The summed E-state index contributed by atoms with van der Waals surface area (Å²) >= 11 is 3.64. The molecule has 0 bridgehead atoms. The van der Waals surface area contributed by atoms with Gasteiger partial charge in [0, 0.05) is 10.5 Å². The first-order chi connectivity index (χ1) is 8.63. The van der Waals surface area contributed by atoms with Crippen LogP contribution < -0.4 is 5.73 Å². The van der Waals surface area contributed by atoms with E-state index in [1.807, 2.05) is 0 Å². The van der Waals surface area contributed by atoms with E-state index in [1.165, 1.54) is 41.4 Å². The number of aryl methyl sites for hydroxylation is 1. The van der Waals surface area contributed by atoms with Crippen LogP contribution in [0, 0.1) is 12.8 Å². The number of hydrogen-bond donors (Lipinski definition) is 1. The van der Waals surface area contributed by atoms with Crippen molar-refractivity contribution in [3.63, 3.8) is 0 Å². The molecule has 1 heterocycles. The van der Waals surface area contributed by atoms with E-state index in [9.17, 15) is 0 Å². The van der Waals surface area contributed by atoms with E-state index in [-0.39, 0.29) is 0 Å².